The Bertz CT molecular complexity index is 342. The normalized spacial score (nSPS) is 12.6. The molecule has 0 aliphatic carbocycles. The lowest BCUT2D eigenvalue weighted by atomic mass is 10.0. The minimum Gasteiger partial charge on any atom is -0.495 e. The predicted octanol–water partition coefficient (Wildman–Crippen LogP) is 3.50. The second-order valence-corrected chi connectivity index (χ2v) is 5.22. The van der Waals surface area contributed by atoms with Crippen molar-refractivity contribution in [2.75, 3.05) is 7.11 Å². The van der Waals surface area contributed by atoms with Crippen LogP contribution in [-0.4, -0.2) is 13.2 Å². The predicted molar refractivity (Wildman–Crippen MR) is 70.4 cm³/mol. The summed E-state index contributed by atoms with van der Waals surface area (Å²) in [6.45, 7) is 2.09. The van der Waals surface area contributed by atoms with Gasteiger partial charge in [-0.15, -0.1) is 0 Å². The van der Waals surface area contributed by atoms with Crippen molar-refractivity contribution in [3.8, 4) is 5.75 Å². The van der Waals surface area contributed by atoms with Crippen LogP contribution < -0.4 is 10.5 Å². The first-order valence-corrected chi connectivity index (χ1v) is 6.44. The number of nitrogens with two attached hydrogens (primary N) is 1. The summed E-state index contributed by atoms with van der Waals surface area (Å²) >= 11 is 6.94. The number of benzene rings is 1. The van der Waals surface area contributed by atoms with Gasteiger partial charge in [-0.25, -0.2) is 0 Å². The number of ether oxygens (including phenoxy) is 1. The Labute approximate surface area is 107 Å². The summed E-state index contributed by atoms with van der Waals surface area (Å²) in [5.74, 6) is 0.877. The molecule has 0 aliphatic heterocycles. The van der Waals surface area contributed by atoms with E-state index >= 15 is 0 Å². The van der Waals surface area contributed by atoms with E-state index in [0.29, 0.717) is 0 Å². The Morgan fingerprint density at radius 3 is 2.60 bits per heavy atom. The van der Waals surface area contributed by atoms with Crippen LogP contribution in [0, 0.1) is 0 Å². The van der Waals surface area contributed by atoms with Crippen molar-refractivity contribution in [1.29, 1.82) is 0 Å². The molecule has 1 atom stereocenters. The van der Waals surface area contributed by atoms with E-state index in [0.717, 1.165) is 33.1 Å². The largest absolute Gasteiger partial charge is 0.495 e. The highest BCUT2D eigenvalue weighted by Gasteiger charge is 2.11. The molecule has 1 rings (SSSR count). The van der Waals surface area contributed by atoms with Gasteiger partial charge in [-0.3, -0.25) is 0 Å². The Morgan fingerprint density at radius 1 is 1.40 bits per heavy atom. The molecule has 1 unspecified atom stereocenters. The smallest absolute Gasteiger partial charge is 0.136 e. The maximum Gasteiger partial charge on any atom is 0.136 e. The highest BCUT2D eigenvalue weighted by atomic mass is 79.9. The van der Waals surface area contributed by atoms with E-state index in [1.165, 1.54) is 0 Å². The maximum absolute atomic E-state index is 5.94. The third-order valence-electron chi connectivity index (χ3n) is 2.30. The highest BCUT2D eigenvalue weighted by Crippen LogP contribution is 2.33. The van der Waals surface area contributed by atoms with Crippen molar-refractivity contribution in [1.82, 2.24) is 0 Å². The van der Waals surface area contributed by atoms with E-state index in [9.17, 15) is 0 Å². The van der Waals surface area contributed by atoms with Crippen LogP contribution >= 0.6 is 31.9 Å². The first kappa shape index (κ1) is 13.0. The SMILES string of the molecule is CCC(N)Cc1cc(Br)cc(Br)c1OC. The number of hydrogen-bond acceptors (Lipinski definition) is 2. The molecule has 0 heterocycles. The van der Waals surface area contributed by atoms with Crippen LogP contribution in [-0.2, 0) is 6.42 Å². The van der Waals surface area contributed by atoms with Crippen molar-refractivity contribution in [2.24, 2.45) is 5.73 Å². The second kappa shape index (κ2) is 5.87. The summed E-state index contributed by atoms with van der Waals surface area (Å²) < 4.78 is 7.35. The summed E-state index contributed by atoms with van der Waals surface area (Å²) in [5, 5.41) is 0. The van der Waals surface area contributed by atoms with Crippen LogP contribution in [0.3, 0.4) is 0 Å². The van der Waals surface area contributed by atoms with Gasteiger partial charge in [-0.05, 0) is 46.5 Å². The molecule has 0 saturated carbocycles. The van der Waals surface area contributed by atoms with Crippen molar-refractivity contribution >= 4 is 31.9 Å². The van der Waals surface area contributed by atoms with Gasteiger partial charge >= 0.3 is 0 Å². The van der Waals surface area contributed by atoms with Crippen LogP contribution in [0.4, 0.5) is 0 Å². The number of rotatable bonds is 4. The summed E-state index contributed by atoms with van der Waals surface area (Å²) in [6, 6.07) is 4.21. The molecular weight excluding hydrogens is 322 g/mol. The molecule has 0 bridgehead atoms. The van der Waals surface area contributed by atoms with Gasteiger partial charge < -0.3 is 10.5 Å². The van der Waals surface area contributed by atoms with Gasteiger partial charge in [-0.1, -0.05) is 22.9 Å². The Morgan fingerprint density at radius 2 is 2.07 bits per heavy atom. The lowest BCUT2D eigenvalue weighted by Gasteiger charge is -2.14. The fourth-order valence-electron chi connectivity index (χ4n) is 1.42. The van der Waals surface area contributed by atoms with Gasteiger partial charge in [0.15, 0.2) is 0 Å². The molecule has 1 aromatic rings. The van der Waals surface area contributed by atoms with Crippen LogP contribution in [0.15, 0.2) is 21.1 Å². The quantitative estimate of drug-likeness (QED) is 0.913. The van der Waals surface area contributed by atoms with Gasteiger partial charge in [0, 0.05) is 10.5 Å². The van der Waals surface area contributed by atoms with Crippen molar-refractivity contribution in [3.63, 3.8) is 0 Å². The van der Waals surface area contributed by atoms with E-state index < -0.39 is 0 Å². The number of halogens is 2. The third kappa shape index (κ3) is 3.47. The van der Waals surface area contributed by atoms with Gasteiger partial charge in [0.1, 0.15) is 5.75 Å². The molecule has 0 spiro atoms. The van der Waals surface area contributed by atoms with Gasteiger partial charge in [0.25, 0.3) is 0 Å². The molecule has 4 heteroatoms. The van der Waals surface area contributed by atoms with E-state index in [-0.39, 0.29) is 6.04 Å². The number of hydrogen-bond donors (Lipinski definition) is 1. The summed E-state index contributed by atoms with van der Waals surface area (Å²) in [5.41, 5.74) is 7.08. The highest BCUT2D eigenvalue weighted by molar-refractivity contribution is 9.11. The minimum atomic E-state index is 0.181. The fourth-order valence-corrected chi connectivity index (χ4v) is 2.90. The van der Waals surface area contributed by atoms with Gasteiger partial charge in [0.05, 0.1) is 11.6 Å². The van der Waals surface area contributed by atoms with Crippen LogP contribution in [0.2, 0.25) is 0 Å². The first-order chi connectivity index (χ1) is 7.08. The average molecular weight is 337 g/mol. The second-order valence-electron chi connectivity index (χ2n) is 3.45. The van der Waals surface area contributed by atoms with Crippen LogP contribution in [0.1, 0.15) is 18.9 Å². The molecule has 1 aromatic carbocycles. The van der Waals surface area contributed by atoms with E-state index in [2.05, 4.69) is 44.8 Å². The molecule has 0 amide bonds. The zero-order valence-electron chi connectivity index (χ0n) is 8.89. The summed E-state index contributed by atoms with van der Waals surface area (Å²) in [7, 11) is 1.68. The molecule has 15 heavy (non-hydrogen) atoms. The Hall–Kier alpha value is -0.0600. The van der Waals surface area contributed by atoms with E-state index in [4.69, 9.17) is 10.5 Å². The van der Waals surface area contributed by atoms with Crippen LogP contribution in [0.5, 0.6) is 5.75 Å². The average Bonchev–Trinajstić information content (AvgIpc) is 2.17. The Kier molecular flexibility index (Phi) is 5.09. The molecule has 0 aliphatic rings. The lowest BCUT2D eigenvalue weighted by molar-refractivity contribution is 0.405. The first-order valence-electron chi connectivity index (χ1n) is 4.86. The molecule has 0 saturated heterocycles. The Balaban J connectivity index is 3.03. The molecule has 0 radical (unpaired) electrons. The van der Waals surface area contributed by atoms with E-state index in [1.807, 2.05) is 6.07 Å². The van der Waals surface area contributed by atoms with Crippen molar-refractivity contribution < 1.29 is 4.74 Å². The summed E-state index contributed by atoms with van der Waals surface area (Å²) in [4.78, 5) is 0. The minimum absolute atomic E-state index is 0.181. The molecule has 2 nitrogen and oxygen atoms in total. The maximum atomic E-state index is 5.94. The fraction of sp³-hybridized carbons (Fsp3) is 0.455. The standard InChI is InChI=1S/C11H15Br2NO/c1-3-9(14)5-7-4-8(12)6-10(13)11(7)15-2/h4,6,9H,3,5,14H2,1-2H3. The van der Waals surface area contributed by atoms with Crippen LogP contribution in [0.25, 0.3) is 0 Å². The monoisotopic (exact) mass is 335 g/mol. The molecule has 2 N–H and O–H groups in total. The molecular formula is C11H15Br2NO. The zero-order chi connectivity index (χ0) is 11.4. The topological polar surface area (TPSA) is 35.2 Å². The lowest BCUT2D eigenvalue weighted by Crippen LogP contribution is -2.21. The summed E-state index contributed by atoms with van der Waals surface area (Å²) in [6.07, 6.45) is 1.80. The molecule has 0 fully saturated rings. The van der Waals surface area contributed by atoms with Gasteiger partial charge in [-0.2, -0.15) is 0 Å². The van der Waals surface area contributed by atoms with E-state index in [1.54, 1.807) is 7.11 Å². The molecule has 84 valence electrons. The van der Waals surface area contributed by atoms with Crippen molar-refractivity contribution in [2.45, 2.75) is 25.8 Å². The zero-order valence-corrected chi connectivity index (χ0v) is 12.1. The number of methoxy groups -OCH3 is 1. The van der Waals surface area contributed by atoms with Gasteiger partial charge in [0.2, 0.25) is 0 Å². The molecule has 0 aromatic heterocycles. The third-order valence-corrected chi connectivity index (χ3v) is 3.34. The van der Waals surface area contributed by atoms with Crippen molar-refractivity contribution in [3.05, 3.63) is 26.6 Å².